The predicted octanol–water partition coefficient (Wildman–Crippen LogP) is 1.24. The zero-order chi connectivity index (χ0) is 4.99. The minimum absolute atomic E-state index is 0.731. The van der Waals surface area contributed by atoms with Crippen molar-refractivity contribution in [2.75, 3.05) is 0 Å². The fraction of sp³-hybridized carbons (Fsp3) is 0.200. The average Bonchev–Trinajstić information content (AvgIpc) is 1.65. The van der Waals surface area contributed by atoms with E-state index in [1.54, 1.807) is 12.2 Å². The lowest BCUT2D eigenvalue weighted by molar-refractivity contribution is 1.71. The summed E-state index contributed by atoms with van der Waals surface area (Å²) in [7, 11) is 5.22. The monoisotopic (exact) mass is 78.1 g/mol. The van der Waals surface area contributed by atoms with Gasteiger partial charge in [-0.25, -0.2) is 0 Å². The quantitative estimate of drug-likeness (QED) is 0.327. The van der Waals surface area contributed by atoms with E-state index in [1.807, 2.05) is 6.92 Å². The first-order chi connectivity index (χ1) is 2.81. The number of allylic oxidation sites excluding steroid dienone is 3. The fourth-order valence-electron chi connectivity index (χ4n) is 0.118. The Morgan fingerprint density at radius 1 is 1.83 bits per heavy atom. The van der Waals surface area contributed by atoms with Crippen LogP contribution in [0.2, 0.25) is 0 Å². The third kappa shape index (κ3) is 1.83. The molecule has 0 saturated heterocycles. The fourth-order valence-corrected chi connectivity index (χ4v) is 0.118. The van der Waals surface area contributed by atoms with Gasteiger partial charge in [0.05, 0.1) is 0 Å². The molecule has 0 rings (SSSR count). The summed E-state index contributed by atoms with van der Waals surface area (Å²) >= 11 is 0. The Morgan fingerprint density at radius 2 is 2.33 bits per heavy atom. The van der Waals surface area contributed by atoms with Crippen LogP contribution in [0.25, 0.3) is 0 Å². The van der Waals surface area contributed by atoms with Gasteiger partial charge in [-0.1, -0.05) is 18.7 Å². The largest absolute Gasteiger partial charge is 0.113 e. The van der Waals surface area contributed by atoms with E-state index in [0.717, 1.165) is 5.47 Å². The van der Waals surface area contributed by atoms with Crippen LogP contribution in [0.1, 0.15) is 6.92 Å². The van der Waals surface area contributed by atoms with Crippen LogP contribution >= 0.6 is 0 Å². The summed E-state index contributed by atoms with van der Waals surface area (Å²) in [6.45, 7) is 5.31. The molecule has 0 nitrogen and oxygen atoms in total. The summed E-state index contributed by atoms with van der Waals surface area (Å²) in [5.74, 6) is 0. The number of hydrogen-bond donors (Lipinski definition) is 0. The highest BCUT2D eigenvalue weighted by atomic mass is 13.6. The third-order valence-corrected chi connectivity index (χ3v) is 0.569. The standard InChI is InChI=1S/C5H7B/c1-3-5(6)4-2/h3-4H,1H2,2H3. The third-order valence-electron chi connectivity index (χ3n) is 0.569. The Bertz CT molecular complexity index is 72.0. The summed E-state index contributed by atoms with van der Waals surface area (Å²) in [5, 5.41) is 0. The van der Waals surface area contributed by atoms with Gasteiger partial charge < -0.3 is 0 Å². The highest BCUT2D eigenvalue weighted by Crippen LogP contribution is 1.82. The zero-order valence-corrected chi connectivity index (χ0v) is 3.94. The molecular formula is C5H7B. The van der Waals surface area contributed by atoms with Crippen LogP contribution in [0.5, 0.6) is 0 Å². The van der Waals surface area contributed by atoms with E-state index in [2.05, 4.69) is 6.58 Å². The lowest BCUT2D eigenvalue weighted by Gasteiger charge is -1.78. The van der Waals surface area contributed by atoms with Gasteiger partial charge in [-0.3, -0.25) is 0 Å². The first-order valence-corrected chi connectivity index (χ1v) is 1.85. The first kappa shape index (κ1) is 5.54. The summed E-state index contributed by atoms with van der Waals surface area (Å²) in [6, 6.07) is 0. The number of rotatable bonds is 1. The van der Waals surface area contributed by atoms with Crippen molar-refractivity contribution in [3.05, 3.63) is 24.2 Å². The molecule has 30 valence electrons. The Morgan fingerprint density at radius 3 is 2.33 bits per heavy atom. The predicted molar refractivity (Wildman–Crippen MR) is 29.7 cm³/mol. The normalized spacial score (nSPS) is 11.2. The second kappa shape index (κ2) is 2.76. The lowest BCUT2D eigenvalue weighted by atomic mass is 9.96. The average molecular weight is 77.9 g/mol. The zero-order valence-electron chi connectivity index (χ0n) is 3.94. The van der Waals surface area contributed by atoms with E-state index in [1.165, 1.54) is 0 Å². The molecule has 0 aromatic rings. The Hall–Kier alpha value is -0.455. The molecule has 0 aliphatic carbocycles. The SMILES string of the molecule is [B]C(C=C)=CC. The first-order valence-electron chi connectivity index (χ1n) is 1.85. The molecule has 0 heterocycles. The van der Waals surface area contributed by atoms with Gasteiger partial charge in [0, 0.05) is 0 Å². The smallest absolute Gasteiger partial charge is 0.101 e. The molecule has 2 radical (unpaired) electrons. The molecule has 0 amide bonds. The molecule has 0 aromatic heterocycles. The maximum Gasteiger partial charge on any atom is 0.113 e. The second-order valence-corrected chi connectivity index (χ2v) is 0.993. The molecular weight excluding hydrogens is 70.9 g/mol. The van der Waals surface area contributed by atoms with Crippen molar-refractivity contribution in [2.24, 2.45) is 0 Å². The molecule has 0 atom stereocenters. The van der Waals surface area contributed by atoms with Crippen LogP contribution in [0.4, 0.5) is 0 Å². The van der Waals surface area contributed by atoms with Gasteiger partial charge in [0.2, 0.25) is 0 Å². The van der Waals surface area contributed by atoms with Gasteiger partial charge in [0.25, 0.3) is 0 Å². The molecule has 6 heavy (non-hydrogen) atoms. The van der Waals surface area contributed by atoms with Gasteiger partial charge in [0.15, 0.2) is 0 Å². The van der Waals surface area contributed by atoms with Crippen molar-refractivity contribution < 1.29 is 0 Å². The van der Waals surface area contributed by atoms with Crippen LogP contribution in [-0.4, -0.2) is 7.85 Å². The van der Waals surface area contributed by atoms with Crippen molar-refractivity contribution in [1.82, 2.24) is 0 Å². The molecule has 0 fully saturated rings. The Labute approximate surface area is 40.0 Å². The van der Waals surface area contributed by atoms with Crippen LogP contribution in [0.3, 0.4) is 0 Å². The van der Waals surface area contributed by atoms with Gasteiger partial charge >= 0.3 is 0 Å². The molecule has 0 aliphatic rings. The van der Waals surface area contributed by atoms with E-state index >= 15 is 0 Å². The van der Waals surface area contributed by atoms with Gasteiger partial charge in [-0.15, -0.1) is 5.47 Å². The topological polar surface area (TPSA) is 0 Å². The van der Waals surface area contributed by atoms with Crippen molar-refractivity contribution in [3.8, 4) is 0 Å². The summed E-state index contributed by atoms with van der Waals surface area (Å²) < 4.78 is 0. The lowest BCUT2D eigenvalue weighted by Crippen LogP contribution is -1.66. The Kier molecular flexibility index (Phi) is 2.56. The maximum atomic E-state index is 5.22. The summed E-state index contributed by atoms with van der Waals surface area (Å²) in [6.07, 6.45) is 3.41. The Balaban J connectivity index is 3.50. The molecule has 0 unspecified atom stereocenters. The van der Waals surface area contributed by atoms with E-state index in [4.69, 9.17) is 7.85 Å². The van der Waals surface area contributed by atoms with E-state index in [0.29, 0.717) is 0 Å². The van der Waals surface area contributed by atoms with Crippen LogP contribution in [0.15, 0.2) is 24.2 Å². The molecule has 0 aromatic carbocycles. The van der Waals surface area contributed by atoms with Crippen molar-refractivity contribution in [3.63, 3.8) is 0 Å². The highest BCUT2D eigenvalue weighted by Gasteiger charge is 1.66. The minimum Gasteiger partial charge on any atom is -0.101 e. The van der Waals surface area contributed by atoms with Crippen LogP contribution < -0.4 is 0 Å². The summed E-state index contributed by atoms with van der Waals surface area (Å²) in [5.41, 5.74) is 0.731. The number of hydrogen-bond acceptors (Lipinski definition) is 0. The van der Waals surface area contributed by atoms with E-state index < -0.39 is 0 Å². The molecule has 0 saturated carbocycles. The van der Waals surface area contributed by atoms with Gasteiger partial charge in [-0.05, 0) is 6.92 Å². The van der Waals surface area contributed by atoms with Crippen molar-refractivity contribution >= 4 is 7.85 Å². The van der Waals surface area contributed by atoms with Gasteiger partial charge in [0.1, 0.15) is 7.85 Å². The molecule has 0 bridgehead atoms. The van der Waals surface area contributed by atoms with E-state index in [-0.39, 0.29) is 0 Å². The van der Waals surface area contributed by atoms with Crippen molar-refractivity contribution in [2.45, 2.75) is 6.92 Å². The molecule has 1 heteroatoms. The van der Waals surface area contributed by atoms with E-state index in [9.17, 15) is 0 Å². The molecule has 0 aliphatic heterocycles. The second-order valence-electron chi connectivity index (χ2n) is 0.993. The maximum absolute atomic E-state index is 5.22. The van der Waals surface area contributed by atoms with Crippen LogP contribution in [-0.2, 0) is 0 Å². The minimum atomic E-state index is 0.731. The van der Waals surface area contributed by atoms with Crippen LogP contribution in [0, 0.1) is 0 Å². The molecule has 0 N–H and O–H groups in total. The van der Waals surface area contributed by atoms with Crippen molar-refractivity contribution in [1.29, 1.82) is 0 Å². The summed E-state index contributed by atoms with van der Waals surface area (Å²) in [4.78, 5) is 0. The highest BCUT2D eigenvalue weighted by molar-refractivity contribution is 6.23. The van der Waals surface area contributed by atoms with Gasteiger partial charge in [-0.2, -0.15) is 0 Å². The molecule has 0 spiro atoms.